The fourth-order valence-corrected chi connectivity index (χ4v) is 5.20. The van der Waals surface area contributed by atoms with Gasteiger partial charge in [-0.1, -0.05) is 11.6 Å². The van der Waals surface area contributed by atoms with Crippen LogP contribution in [0.25, 0.3) is 0 Å². The average molecular weight is 462 g/mol. The van der Waals surface area contributed by atoms with Gasteiger partial charge in [0.1, 0.15) is 0 Å². The molecule has 1 aromatic heterocycles. The van der Waals surface area contributed by atoms with Crippen molar-refractivity contribution in [1.82, 2.24) is 10.6 Å². The monoisotopic (exact) mass is 461 g/mol. The van der Waals surface area contributed by atoms with Crippen LogP contribution < -0.4 is 15.5 Å². The normalized spacial score (nSPS) is 23.2. The summed E-state index contributed by atoms with van der Waals surface area (Å²) in [6.45, 7) is 0.702. The molecule has 1 saturated carbocycles. The van der Waals surface area contributed by atoms with Gasteiger partial charge in [0.2, 0.25) is 5.91 Å². The van der Waals surface area contributed by atoms with Crippen LogP contribution in [0.4, 0.5) is 5.69 Å². The Bertz CT molecular complexity index is 977. The number of benzene rings is 1. The van der Waals surface area contributed by atoms with Crippen molar-refractivity contribution in [3.05, 3.63) is 51.2 Å². The average Bonchev–Trinajstić information content (AvgIpc) is 3.48. The number of anilines is 1. The van der Waals surface area contributed by atoms with Gasteiger partial charge in [-0.3, -0.25) is 14.4 Å². The summed E-state index contributed by atoms with van der Waals surface area (Å²) in [5.74, 6) is -0.379. The summed E-state index contributed by atoms with van der Waals surface area (Å²) in [5.41, 5.74) is 1.28. The van der Waals surface area contributed by atoms with E-state index in [4.69, 9.17) is 11.6 Å². The molecule has 2 heterocycles. The number of hydrogen-bond donors (Lipinski definition) is 3. The molecule has 0 spiro atoms. The maximum Gasteiger partial charge on any atom is 0.261 e. The minimum Gasteiger partial charge on any atom is -0.396 e. The summed E-state index contributed by atoms with van der Waals surface area (Å²) < 4.78 is 0.536. The largest absolute Gasteiger partial charge is 0.396 e. The van der Waals surface area contributed by atoms with Crippen molar-refractivity contribution in [2.24, 2.45) is 5.92 Å². The number of amides is 3. The number of nitrogens with one attached hydrogen (secondary N) is 2. The highest BCUT2D eigenvalue weighted by atomic mass is 35.5. The Morgan fingerprint density at radius 3 is 2.29 bits per heavy atom. The van der Waals surface area contributed by atoms with Gasteiger partial charge in [0, 0.05) is 42.9 Å². The van der Waals surface area contributed by atoms with Gasteiger partial charge in [0.15, 0.2) is 0 Å². The third-order valence-electron chi connectivity index (χ3n) is 5.86. The van der Waals surface area contributed by atoms with E-state index in [1.54, 1.807) is 41.3 Å². The van der Waals surface area contributed by atoms with Crippen LogP contribution in [-0.4, -0.2) is 48.1 Å². The molecule has 0 bridgehead atoms. The lowest BCUT2D eigenvalue weighted by molar-refractivity contribution is -0.117. The third-order valence-corrected chi connectivity index (χ3v) is 7.09. The minimum absolute atomic E-state index is 0.00211. The van der Waals surface area contributed by atoms with Crippen LogP contribution in [0.2, 0.25) is 4.34 Å². The van der Waals surface area contributed by atoms with E-state index >= 15 is 0 Å². The molecule has 2 fully saturated rings. The SMILES string of the molecule is O=C(N[C@H]1C[C@H](CO)C[C@H]1NC(=O)c1ccc(Cl)s1)c1ccc(N2CCCC2=O)cc1. The maximum atomic E-state index is 12.8. The first-order valence-electron chi connectivity index (χ1n) is 10.3. The van der Waals surface area contributed by atoms with Gasteiger partial charge in [0.25, 0.3) is 11.8 Å². The first-order valence-corrected chi connectivity index (χ1v) is 11.5. The van der Waals surface area contributed by atoms with Crippen molar-refractivity contribution >= 4 is 46.3 Å². The Balaban J connectivity index is 1.41. The van der Waals surface area contributed by atoms with Crippen LogP contribution >= 0.6 is 22.9 Å². The Labute approximate surface area is 189 Å². The number of hydrogen-bond acceptors (Lipinski definition) is 5. The molecule has 0 unspecified atom stereocenters. The zero-order valence-electron chi connectivity index (χ0n) is 16.8. The topological polar surface area (TPSA) is 98.7 Å². The van der Waals surface area contributed by atoms with Crippen LogP contribution in [0.5, 0.6) is 0 Å². The molecule has 1 aliphatic heterocycles. The second-order valence-electron chi connectivity index (χ2n) is 7.98. The molecular weight excluding hydrogens is 438 g/mol. The van der Waals surface area contributed by atoms with Gasteiger partial charge >= 0.3 is 0 Å². The molecule has 7 nitrogen and oxygen atoms in total. The molecule has 2 aliphatic rings. The first kappa shape index (κ1) is 21.8. The van der Waals surface area contributed by atoms with E-state index in [1.165, 1.54) is 11.3 Å². The van der Waals surface area contributed by atoms with E-state index in [0.29, 0.717) is 40.6 Å². The first-order chi connectivity index (χ1) is 14.9. The van der Waals surface area contributed by atoms with Crippen LogP contribution in [0.3, 0.4) is 0 Å². The van der Waals surface area contributed by atoms with E-state index in [-0.39, 0.29) is 42.3 Å². The molecule has 2 aromatic rings. The van der Waals surface area contributed by atoms with Crippen LogP contribution in [0.15, 0.2) is 36.4 Å². The summed E-state index contributed by atoms with van der Waals surface area (Å²) in [6, 6.07) is 9.74. The molecule has 1 aromatic carbocycles. The van der Waals surface area contributed by atoms with Gasteiger partial charge in [-0.25, -0.2) is 0 Å². The molecule has 9 heteroatoms. The van der Waals surface area contributed by atoms with Crippen LogP contribution in [0.1, 0.15) is 45.7 Å². The second kappa shape index (κ2) is 9.38. The van der Waals surface area contributed by atoms with Crippen molar-refractivity contribution in [3.63, 3.8) is 0 Å². The van der Waals surface area contributed by atoms with Gasteiger partial charge in [-0.15, -0.1) is 11.3 Å². The molecule has 4 rings (SSSR count). The lowest BCUT2D eigenvalue weighted by atomic mass is 10.1. The zero-order chi connectivity index (χ0) is 22.0. The van der Waals surface area contributed by atoms with Crippen LogP contribution in [0, 0.1) is 5.92 Å². The number of carbonyl (C=O) groups excluding carboxylic acids is 3. The summed E-state index contributed by atoms with van der Waals surface area (Å²) in [4.78, 5) is 39.5. The summed E-state index contributed by atoms with van der Waals surface area (Å²) in [5, 5.41) is 15.6. The van der Waals surface area contributed by atoms with Gasteiger partial charge in [-0.05, 0) is 61.6 Å². The van der Waals surface area contributed by atoms with Gasteiger partial charge in [-0.2, -0.15) is 0 Å². The molecule has 31 heavy (non-hydrogen) atoms. The molecular formula is C22H24ClN3O4S. The van der Waals surface area contributed by atoms with E-state index in [2.05, 4.69) is 10.6 Å². The lowest BCUT2D eigenvalue weighted by Crippen LogP contribution is -2.48. The van der Waals surface area contributed by atoms with Gasteiger partial charge < -0.3 is 20.6 Å². The summed E-state index contributed by atoms with van der Waals surface area (Å²) in [6.07, 6.45) is 2.57. The van der Waals surface area contributed by atoms with E-state index in [0.717, 1.165) is 12.1 Å². The van der Waals surface area contributed by atoms with E-state index < -0.39 is 0 Å². The number of carbonyl (C=O) groups is 3. The molecule has 1 saturated heterocycles. The fourth-order valence-electron chi connectivity index (χ4n) is 4.25. The standard InChI is InChI=1S/C22H24ClN3O4S/c23-19-8-7-18(31-19)22(30)25-17-11-13(12-27)10-16(17)24-21(29)14-3-5-15(6-4-14)26-9-1-2-20(26)28/h3-8,13,16-17,27H,1-2,9-12H2,(H,24,29)(H,25,30)/t13-,16-,17+/m0/s1. The highest BCUT2D eigenvalue weighted by molar-refractivity contribution is 7.18. The Hall–Kier alpha value is -2.42. The van der Waals surface area contributed by atoms with E-state index in [1.807, 2.05) is 0 Å². The number of aliphatic hydroxyl groups is 1. The lowest BCUT2D eigenvalue weighted by Gasteiger charge is -2.22. The van der Waals surface area contributed by atoms with Crippen molar-refractivity contribution in [1.29, 1.82) is 0 Å². The highest BCUT2D eigenvalue weighted by Crippen LogP contribution is 2.28. The second-order valence-corrected chi connectivity index (χ2v) is 9.69. The number of nitrogens with zero attached hydrogens (tertiary/aromatic N) is 1. The molecule has 3 amide bonds. The maximum absolute atomic E-state index is 12.8. The third kappa shape index (κ3) is 4.92. The van der Waals surface area contributed by atoms with Crippen molar-refractivity contribution < 1.29 is 19.5 Å². The number of aliphatic hydroxyl groups excluding tert-OH is 1. The smallest absolute Gasteiger partial charge is 0.261 e. The van der Waals surface area contributed by atoms with Crippen molar-refractivity contribution in [2.45, 2.75) is 37.8 Å². The number of thiophene rings is 1. The molecule has 3 atom stereocenters. The van der Waals surface area contributed by atoms with Crippen molar-refractivity contribution in [2.75, 3.05) is 18.1 Å². The molecule has 0 radical (unpaired) electrons. The summed E-state index contributed by atoms with van der Waals surface area (Å²) >= 11 is 7.12. The van der Waals surface area contributed by atoms with E-state index in [9.17, 15) is 19.5 Å². The van der Waals surface area contributed by atoms with Crippen molar-refractivity contribution in [3.8, 4) is 0 Å². The quantitative estimate of drug-likeness (QED) is 0.616. The predicted molar refractivity (Wildman–Crippen MR) is 120 cm³/mol. The Morgan fingerprint density at radius 2 is 1.74 bits per heavy atom. The fraction of sp³-hybridized carbons (Fsp3) is 0.409. The highest BCUT2D eigenvalue weighted by Gasteiger charge is 2.36. The predicted octanol–water partition coefficient (Wildman–Crippen LogP) is 2.83. The Morgan fingerprint density at radius 1 is 1.06 bits per heavy atom. The van der Waals surface area contributed by atoms with Crippen LogP contribution in [-0.2, 0) is 4.79 Å². The minimum atomic E-state index is -0.288. The number of halogens is 1. The Kier molecular flexibility index (Phi) is 6.60. The molecule has 3 N–H and O–H groups in total. The molecule has 164 valence electrons. The zero-order valence-corrected chi connectivity index (χ0v) is 18.4. The summed E-state index contributed by atoms with van der Waals surface area (Å²) in [7, 11) is 0. The number of rotatable bonds is 6. The van der Waals surface area contributed by atoms with Gasteiger partial charge in [0.05, 0.1) is 9.21 Å². The molecule has 1 aliphatic carbocycles.